The second-order valence-corrected chi connectivity index (χ2v) is 9.93. The molecule has 118 valence electrons. The van der Waals surface area contributed by atoms with Crippen LogP contribution in [0.2, 0.25) is 0 Å². The first-order valence-electron chi connectivity index (χ1n) is 7.79. The van der Waals surface area contributed by atoms with Crippen molar-refractivity contribution in [2.24, 2.45) is 17.1 Å². The van der Waals surface area contributed by atoms with Crippen LogP contribution in [0, 0.1) is 11.3 Å². The van der Waals surface area contributed by atoms with Crippen LogP contribution in [-0.2, 0) is 14.6 Å². The summed E-state index contributed by atoms with van der Waals surface area (Å²) in [5, 5.41) is -0.602. The molecule has 0 spiro atoms. The second kappa shape index (κ2) is 5.93. The van der Waals surface area contributed by atoms with Crippen LogP contribution in [0.15, 0.2) is 0 Å². The molecule has 1 aliphatic heterocycles. The maximum Gasteiger partial charge on any atom is 0.157 e. The normalized spacial score (nSPS) is 34.1. The monoisotopic (exact) mass is 303 g/mol. The summed E-state index contributed by atoms with van der Waals surface area (Å²) >= 11 is 0. The molecule has 3 unspecified atom stereocenters. The van der Waals surface area contributed by atoms with Crippen LogP contribution in [0.1, 0.15) is 52.9 Å². The third-order valence-corrected chi connectivity index (χ3v) is 7.91. The average Bonchev–Trinajstić information content (AvgIpc) is 2.38. The van der Waals surface area contributed by atoms with Crippen molar-refractivity contribution in [2.75, 3.05) is 13.2 Å². The highest BCUT2D eigenvalue weighted by molar-refractivity contribution is 7.92. The van der Waals surface area contributed by atoms with Gasteiger partial charge in [0.05, 0.1) is 10.5 Å². The van der Waals surface area contributed by atoms with Crippen molar-refractivity contribution < 1.29 is 13.2 Å². The minimum absolute atomic E-state index is 0.156. The van der Waals surface area contributed by atoms with Gasteiger partial charge in [-0.2, -0.15) is 0 Å². The zero-order valence-electron chi connectivity index (χ0n) is 13.0. The van der Waals surface area contributed by atoms with Gasteiger partial charge in [-0.05, 0) is 43.4 Å². The maximum absolute atomic E-state index is 12.9. The summed E-state index contributed by atoms with van der Waals surface area (Å²) in [6, 6.07) is -0.193. The predicted octanol–water partition coefficient (Wildman–Crippen LogP) is 2.12. The molecule has 2 N–H and O–H groups in total. The Morgan fingerprint density at radius 1 is 1.05 bits per heavy atom. The third-order valence-electron chi connectivity index (χ3n) is 5.12. The van der Waals surface area contributed by atoms with Crippen molar-refractivity contribution in [1.29, 1.82) is 0 Å². The van der Waals surface area contributed by atoms with E-state index in [0.29, 0.717) is 32.0 Å². The maximum atomic E-state index is 12.9. The van der Waals surface area contributed by atoms with E-state index in [1.54, 1.807) is 0 Å². The van der Waals surface area contributed by atoms with Gasteiger partial charge in [0.2, 0.25) is 0 Å². The first kappa shape index (κ1) is 16.2. The van der Waals surface area contributed by atoms with Gasteiger partial charge in [0, 0.05) is 19.3 Å². The second-order valence-electron chi connectivity index (χ2n) is 7.48. The Morgan fingerprint density at radius 2 is 1.65 bits per heavy atom. The number of sulfone groups is 1. The molecular weight excluding hydrogens is 274 g/mol. The van der Waals surface area contributed by atoms with Gasteiger partial charge in [0.1, 0.15) is 0 Å². The fourth-order valence-corrected chi connectivity index (χ4v) is 6.04. The molecule has 20 heavy (non-hydrogen) atoms. The summed E-state index contributed by atoms with van der Waals surface area (Å²) in [7, 11) is -3.13. The number of nitrogens with two attached hydrogens (primary N) is 1. The zero-order valence-corrected chi connectivity index (χ0v) is 13.8. The summed E-state index contributed by atoms with van der Waals surface area (Å²) in [5.74, 6) is 0.446. The fraction of sp³-hybridized carbons (Fsp3) is 1.00. The van der Waals surface area contributed by atoms with Crippen LogP contribution in [0.3, 0.4) is 0 Å². The Bertz CT molecular complexity index is 421. The van der Waals surface area contributed by atoms with Gasteiger partial charge in [-0.3, -0.25) is 0 Å². The highest BCUT2D eigenvalue weighted by Gasteiger charge is 2.44. The average molecular weight is 303 g/mol. The van der Waals surface area contributed by atoms with Crippen molar-refractivity contribution in [2.45, 2.75) is 69.4 Å². The number of rotatable bonds is 2. The first-order valence-corrected chi connectivity index (χ1v) is 9.40. The van der Waals surface area contributed by atoms with Crippen LogP contribution in [-0.4, -0.2) is 38.2 Å². The standard InChI is InChI=1S/C15H29NO3S/c1-15(2,3)11-4-5-13(16)14(10-11)20(17,18)12-6-8-19-9-7-12/h11-14H,4-10,16H2,1-3H3. The number of hydrogen-bond acceptors (Lipinski definition) is 4. The first-order chi connectivity index (χ1) is 9.23. The summed E-state index contributed by atoms with van der Waals surface area (Å²) in [6.45, 7) is 7.73. The molecule has 1 aliphatic carbocycles. The lowest BCUT2D eigenvalue weighted by Crippen LogP contribution is -2.50. The largest absolute Gasteiger partial charge is 0.381 e. The molecule has 5 heteroatoms. The van der Waals surface area contributed by atoms with E-state index < -0.39 is 9.84 Å². The molecule has 3 atom stereocenters. The number of ether oxygens (including phenoxy) is 1. The zero-order chi connectivity index (χ0) is 15.0. The van der Waals surface area contributed by atoms with Crippen LogP contribution >= 0.6 is 0 Å². The summed E-state index contributed by atoms with van der Waals surface area (Å²) < 4.78 is 31.1. The van der Waals surface area contributed by atoms with E-state index in [0.717, 1.165) is 19.3 Å². The molecule has 1 saturated heterocycles. The van der Waals surface area contributed by atoms with E-state index >= 15 is 0 Å². The smallest absolute Gasteiger partial charge is 0.157 e. The molecule has 1 heterocycles. The van der Waals surface area contributed by atoms with Crippen LogP contribution in [0.4, 0.5) is 0 Å². The van der Waals surface area contributed by atoms with Crippen molar-refractivity contribution >= 4 is 9.84 Å². The highest BCUT2D eigenvalue weighted by Crippen LogP contribution is 2.40. The van der Waals surface area contributed by atoms with Crippen molar-refractivity contribution in [3.63, 3.8) is 0 Å². The molecular formula is C15H29NO3S. The summed E-state index contributed by atoms with van der Waals surface area (Å²) in [6.07, 6.45) is 3.86. The predicted molar refractivity (Wildman–Crippen MR) is 81.3 cm³/mol. The molecule has 0 aromatic heterocycles. The van der Waals surface area contributed by atoms with Gasteiger partial charge < -0.3 is 10.5 Å². The summed E-state index contributed by atoms with van der Waals surface area (Å²) in [4.78, 5) is 0. The topological polar surface area (TPSA) is 69.4 Å². The van der Waals surface area contributed by atoms with Crippen molar-refractivity contribution in [3.8, 4) is 0 Å². The molecule has 0 bridgehead atoms. The minimum atomic E-state index is -3.13. The molecule has 0 amide bonds. The van der Waals surface area contributed by atoms with Gasteiger partial charge in [0.15, 0.2) is 9.84 Å². The van der Waals surface area contributed by atoms with Crippen molar-refractivity contribution in [1.82, 2.24) is 0 Å². The van der Waals surface area contributed by atoms with Gasteiger partial charge >= 0.3 is 0 Å². The minimum Gasteiger partial charge on any atom is -0.381 e. The Labute approximate surface area is 123 Å². The van der Waals surface area contributed by atoms with Crippen LogP contribution in [0.5, 0.6) is 0 Å². The van der Waals surface area contributed by atoms with Gasteiger partial charge in [-0.25, -0.2) is 8.42 Å². The van der Waals surface area contributed by atoms with E-state index in [2.05, 4.69) is 20.8 Å². The molecule has 2 rings (SSSR count). The molecule has 0 aromatic rings. The Morgan fingerprint density at radius 3 is 2.20 bits per heavy atom. The molecule has 1 saturated carbocycles. The number of hydrogen-bond donors (Lipinski definition) is 1. The lowest BCUT2D eigenvalue weighted by Gasteiger charge is -2.41. The molecule has 0 aromatic carbocycles. The quantitative estimate of drug-likeness (QED) is 0.848. The van der Waals surface area contributed by atoms with Crippen molar-refractivity contribution in [3.05, 3.63) is 0 Å². The van der Waals surface area contributed by atoms with Gasteiger partial charge in [-0.15, -0.1) is 0 Å². The van der Waals surface area contributed by atoms with Crippen LogP contribution in [0.25, 0.3) is 0 Å². The molecule has 4 nitrogen and oxygen atoms in total. The van der Waals surface area contributed by atoms with Gasteiger partial charge in [-0.1, -0.05) is 20.8 Å². The Kier molecular flexibility index (Phi) is 4.82. The van der Waals surface area contributed by atoms with E-state index in [-0.39, 0.29) is 22.0 Å². The lowest BCUT2D eigenvalue weighted by atomic mass is 9.71. The molecule has 2 fully saturated rings. The van der Waals surface area contributed by atoms with E-state index in [1.165, 1.54) is 0 Å². The Balaban J connectivity index is 2.15. The van der Waals surface area contributed by atoms with E-state index in [4.69, 9.17) is 10.5 Å². The molecule has 2 aliphatic rings. The van der Waals surface area contributed by atoms with E-state index in [9.17, 15) is 8.42 Å². The highest BCUT2D eigenvalue weighted by atomic mass is 32.2. The molecule has 0 radical (unpaired) electrons. The van der Waals surface area contributed by atoms with E-state index in [1.807, 2.05) is 0 Å². The van der Waals surface area contributed by atoms with Crippen LogP contribution < -0.4 is 5.73 Å². The van der Waals surface area contributed by atoms with Gasteiger partial charge in [0.25, 0.3) is 0 Å². The fourth-order valence-electron chi connectivity index (χ4n) is 3.57. The summed E-state index contributed by atoms with van der Waals surface area (Å²) in [5.41, 5.74) is 6.32. The third kappa shape index (κ3) is 3.37. The Hall–Kier alpha value is -0.130. The lowest BCUT2D eigenvalue weighted by molar-refractivity contribution is 0.0976. The SMILES string of the molecule is CC(C)(C)C1CCC(N)C(S(=O)(=O)C2CCOCC2)C1.